The van der Waals surface area contributed by atoms with Crippen LogP contribution in [-0.2, 0) is 4.79 Å². The van der Waals surface area contributed by atoms with Crippen LogP contribution in [0, 0.1) is 5.92 Å². The molecule has 0 fully saturated rings. The Morgan fingerprint density at radius 3 is 2.54 bits per heavy atom. The summed E-state index contributed by atoms with van der Waals surface area (Å²) in [5.74, 6) is 0.841. The first-order chi connectivity index (χ1) is 6.16. The van der Waals surface area contributed by atoms with Crippen LogP contribution in [0.5, 0.6) is 0 Å². The van der Waals surface area contributed by atoms with E-state index in [-0.39, 0.29) is 5.91 Å². The zero-order valence-electron chi connectivity index (χ0n) is 9.02. The molecule has 0 aliphatic heterocycles. The first-order valence-electron chi connectivity index (χ1n) is 5.08. The summed E-state index contributed by atoms with van der Waals surface area (Å²) in [7, 11) is 1.90. The normalized spacial score (nSPS) is 10.5. The monoisotopic (exact) mass is 186 g/mol. The van der Waals surface area contributed by atoms with Crippen LogP contribution in [0.2, 0.25) is 0 Å². The van der Waals surface area contributed by atoms with E-state index < -0.39 is 0 Å². The Hall–Kier alpha value is -0.570. The Bertz CT molecular complexity index is 135. The van der Waals surface area contributed by atoms with Gasteiger partial charge < -0.3 is 10.6 Å². The van der Waals surface area contributed by atoms with Gasteiger partial charge in [-0.25, -0.2) is 0 Å². The molecular weight excluding hydrogens is 164 g/mol. The van der Waals surface area contributed by atoms with Crippen LogP contribution in [0.1, 0.15) is 33.1 Å². The summed E-state index contributed by atoms with van der Waals surface area (Å²) in [5.41, 5.74) is 0. The predicted octanol–water partition coefficient (Wildman–Crippen LogP) is 1.15. The van der Waals surface area contributed by atoms with Gasteiger partial charge in [0.1, 0.15) is 0 Å². The molecule has 3 nitrogen and oxygen atoms in total. The fourth-order valence-corrected chi connectivity index (χ4v) is 1.01. The second-order valence-electron chi connectivity index (χ2n) is 3.74. The SMILES string of the molecule is CNCCCC(=O)NCCC(C)C. The van der Waals surface area contributed by atoms with E-state index in [1.165, 1.54) is 0 Å². The number of nitrogens with one attached hydrogen (secondary N) is 2. The van der Waals surface area contributed by atoms with Gasteiger partial charge in [-0.15, -0.1) is 0 Å². The Morgan fingerprint density at radius 2 is 2.00 bits per heavy atom. The summed E-state index contributed by atoms with van der Waals surface area (Å²) >= 11 is 0. The van der Waals surface area contributed by atoms with Gasteiger partial charge in [-0.1, -0.05) is 13.8 Å². The first kappa shape index (κ1) is 12.4. The molecule has 0 spiro atoms. The second-order valence-corrected chi connectivity index (χ2v) is 3.74. The van der Waals surface area contributed by atoms with Crippen molar-refractivity contribution >= 4 is 5.91 Å². The van der Waals surface area contributed by atoms with Crippen molar-refractivity contribution in [3.05, 3.63) is 0 Å². The Balaban J connectivity index is 3.20. The zero-order valence-corrected chi connectivity index (χ0v) is 9.02. The van der Waals surface area contributed by atoms with Crippen molar-refractivity contribution < 1.29 is 4.79 Å². The van der Waals surface area contributed by atoms with E-state index in [1.54, 1.807) is 0 Å². The lowest BCUT2D eigenvalue weighted by Crippen LogP contribution is -2.25. The largest absolute Gasteiger partial charge is 0.356 e. The van der Waals surface area contributed by atoms with Crippen LogP contribution in [0.15, 0.2) is 0 Å². The van der Waals surface area contributed by atoms with Gasteiger partial charge in [-0.05, 0) is 32.4 Å². The molecule has 0 heterocycles. The highest BCUT2D eigenvalue weighted by atomic mass is 16.1. The molecule has 0 atom stereocenters. The van der Waals surface area contributed by atoms with Gasteiger partial charge in [0.05, 0.1) is 0 Å². The number of rotatable bonds is 7. The van der Waals surface area contributed by atoms with Crippen molar-refractivity contribution in [3.8, 4) is 0 Å². The van der Waals surface area contributed by atoms with E-state index in [2.05, 4.69) is 24.5 Å². The highest BCUT2D eigenvalue weighted by Crippen LogP contribution is 1.96. The van der Waals surface area contributed by atoms with Gasteiger partial charge in [-0.3, -0.25) is 4.79 Å². The molecule has 0 aromatic carbocycles. The number of carbonyl (C=O) groups is 1. The van der Waals surface area contributed by atoms with Gasteiger partial charge in [0, 0.05) is 13.0 Å². The Morgan fingerprint density at radius 1 is 1.31 bits per heavy atom. The van der Waals surface area contributed by atoms with E-state index >= 15 is 0 Å². The average molecular weight is 186 g/mol. The summed E-state index contributed by atoms with van der Waals surface area (Å²) in [4.78, 5) is 11.2. The fourth-order valence-electron chi connectivity index (χ4n) is 1.01. The quantitative estimate of drug-likeness (QED) is 0.586. The second kappa shape index (κ2) is 8.05. The molecule has 0 unspecified atom stereocenters. The van der Waals surface area contributed by atoms with Crippen LogP contribution in [0.4, 0.5) is 0 Å². The summed E-state index contributed by atoms with van der Waals surface area (Å²) < 4.78 is 0. The predicted molar refractivity (Wildman–Crippen MR) is 55.6 cm³/mol. The van der Waals surface area contributed by atoms with Crippen molar-refractivity contribution in [1.82, 2.24) is 10.6 Å². The lowest BCUT2D eigenvalue weighted by molar-refractivity contribution is -0.121. The Kier molecular flexibility index (Phi) is 7.69. The maximum absolute atomic E-state index is 11.2. The molecule has 0 aliphatic carbocycles. The van der Waals surface area contributed by atoms with E-state index in [0.29, 0.717) is 12.3 Å². The van der Waals surface area contributed by atoms with Crippen molar-refractivity contribution in [2.75, 3.05) is 20.1 Å². The molecule has 2 N–H and O–H groups in total. The number of hydrogen-bond acceptors (Lipinski definition) is 2. The molecule has 0 aromatic heterocycles. The molecule has 78 valence electrons. The smallest absolute Gasteiger partial charge is 0.220 e. The van der Waals surface area contributed by atoms with Crippen LogP contribution in [0.3, 0.4) is 0 Å². The lowest BCUT2D eigenvalue weighted by atomic mass is 10.1. The minimum Gasteiger partial charge on any atom is -0.356 e. The Labute approximate surface area is 81.3 Å². The molecule has 1 amide bonds. The van der Waals surface area contributed by atoms with E-state index in [0.717, 1.165) is 25.9 Å². The molecule has 0 radical (unpaired) electrons. The topological polar surface area (TPSA) is 41.1 Å². The molecule has 0 aromatic rings. The van der Waals surface area contributed by atoms with Crippen LogP contribution in [-0.4, -0.2) is 26.0 Å². The first-order valence-corrected chi connectivity index (χ1v) is 5.08. The third-order valence-electron chi connectivity index (χ3n) is 1.87. The standard InChI is InChI=1S/C10H22N2O/c1-9(2)6-8-12-10(13)5-4-7-11-3/h9,11H,4-8H2,1-3H3,(H,12,13). The third kappa shape index (κ3) is 9.34. The molecule has 0 bridgehead atoms. The average Bonchev–Trinajstić information content (AvgIpc) is 2.04. The van der Waals surface area contributed by atoms with E-state index in [1.807, 2.05) is 7.05 Å². The van der Waals surface area contributed by atoms with Gasteiger partial charge in [0.2, 0.25) is 5.91 Å². The fraction of sp³-hybridized carbons (Fsp3) is 0.900. The highest BCUT2D eigenvalue weighted by molar-refractivity contribution is 5.75. The van der Waals surface area contributed by atoms with Crippen molar-refractivity contribution in [3.63, 3.8) is 0 Å². The third-order valence-corrected chi connectivity index (χ3v) is 1.87. The van der Waals surface area contributed by atoms with Gasteiger partial charge in [0.15, 0.2) is 0 Å². The number of amides is 1. The van der Waals surface area contributed by atoms with Crippen LogP contribution in [0.25, 0.3) is 0 Å². The lowest BCUT2D eigenvalue weighted by Gasteiger charge is -2.06. The van der Waals surface area contributed by atoms with E-state index in [4.69, 9.17) is 0 Å². The molecule has 13 heavy (non-hydrogen) atoms. The van der Waals surface area contributed by atoms with Crippen molar-refractivity contribution in [1.29, 1.82) is 0 Å². The van der Waals surface area contributed by atoms with Gasteiger partial charge in [-0.2, -0.15) is 0 Å². The maximum atomic E-state index is 11.2. The molecule has 0 rings (SSSR count). The molecule has 0 aliphatic rings. The summed E-state index contributed by atoms with van der Waals surface area (Å²) in [5, 5.41) is 5.92. The molecule has 3 heteroatoms. The molecule has 0 saturated heterocycles. The molecular formula is C10H22N2O. The highest BCUT2D eigenvalue weighted by Gasteiger charge is 2.00. The summed E-state index contributed by atoms with van der Waals surface area (Å²) in [6, 6.07) is 0. The van der Waals surface area contributed by atoms with Crippen LogP contribution < -0.4 is 10.6 Å². The van der Waals surface area contributed by atoms with E-state index in [9.17, 15) is 4.79 Å². The van der Waals surface area contributed by atoms with Crippen molar-refractivity contribution in [2.45, 2.75) is 33.1 Å². The maximum Gasteiger partial charge on any atom is 0.220 e. The van der Waals surface area contributed by atoms with Gasteiger partial charge in [0.25, 0.3) is 0 Å². The summed E-state index contributed by atoms with van der Waals surface area (Å²) in [6.45, 7) is 6.05. The van der Waals surface area contributed by atoms with Crippen LogP contribution >= 0.6 is 0 Å². The zero-order chi connectivity index (χ0) is 10.1. The van der Waals surface area contributed by atoms with Crippen molar-refractivity contribution in [2.24, 2.45) is 5.92 Å². The minimum atomic E-state index is 0.177. The van der Waals surface area contributed by atoms with Gasteiger partial charge >= 0.3 is 0 Å². The molecule has 0 saturated carbocycles. The number of hydrogen-bond donors (Lipinski definition) is 2. The number of carbonyl (C=O) groups excluding carboxylic acids is 1. The minimum absolute atomic E-state index is 0.177. The summed E-state index contributed by atoms with van der Waals surface area (Å²) in [6.07, 6.45) is 2.63.